The first-order valence-electron chi connectivity index (χ1n) is 10.5. The van der Waals surface area contributed by atoms with Crippen LogP contribution in [0.3, 0.4) is 0 Å². The lowest BCUT2D eigenvalue weighted by Gasteiger charge is -2.38. The summed E-state index contributed by atoms with van der Waals surface area (Å²) in [7, 11) is 1.61. The number of hydrogen-bond donors (Lipinski definition) is 1. The van der Waals surface area contributed by atoms with Crippen LogP contribution in [0, 0.1) is 0 Å². The van der Waals surface area contributed by atoms with Gasteiger partial charge in [-0.1, -0.05) is 0 Å². The highest BCUT2D eigenvalue weighted by Crippen LogP contribution is 2.39. The third-order valence-electron chi connectivity index (χ3n) is 6.08. The normalized spacial score (nSPS) is 15.3. The monoisotopic (exact) mass is 436 g/mol. The van der Waals surface area contributed by atoms with Crippen LogP contribution in [0.4, 0.5) is 0 Å². The Bertz CT molecular complexity index is 1270. The van der Waals surface area contributed by atoms with Crippen molar-refractivity contribution >= 4 is 5.97 Å². The van der Waals surface area contributed by atoms with Gasteiger partial charge < -0.3 is 19.6 Å². The molecule has 166 valence electrons. The first kappa shape index (κ1) is 20.3. The van der Waals surface area contributed by atoms with Crippen molar-refractivity contribution in [2.24, 2.45) is 0 Å². The number of pyridine rings is 1. The Hall–Kier alpha value is -3.59. The molecule has 1 saturated heterocycles. The Balaban J connectivity index is 1.67. The second-order valence-corrected chi connectivity index (χ2v) is 8.39. The third kappa shape index (κ3) is 3.16. The van der Waals surface area contributed by atoms with Gasteiger partial charge in [0.05, 0.1) is 44.8 Å². The maximum absolute atomic E-state index is 12.5. The number of methoxy groups -OCH3 is 1. The minimum atomic E-state index is -1.23. The number of ether oxygens (including phenoxy) is 2. The lowest BCUT2D eigenvalue weighted by molar-refractivity contribution is -0.0286. The lowest BCUT2D eigenvalue weighted by atomic mass is 9.95. The summed E-state index contributed by atoms with van der Waals surface area (Å²) in [5.74, 6) is -0.575. The Morgan fingerprint density at radius 3 is 2.62 bits per heavy atom. The zero-order chi connectivity index (χ0) is 22.6. The van der Waals surface area contributed by atoms with E-state index in [1.807, 2.05) is 42.0 Å². The van der Waals surface area contributed by atoms with Crippen molar-refractivity contribution in [3.8, 4) is 28.1 Å². The van der Waals surface area contributed by atoms with Crippen LogP contribution in [0.1, 0.15) is 35.8 Å². The van der Waals surface area contributed by atoms with Crippen molar-refractivity contribution in [1.29, 1.82) is 0 Å². The minimum absolute atomic E-state index is 0.0814. The van der Waals surface area contributed by atoms with E-state index < -0.39 is 11.4 Å². The van der Waals surface area contributed by atoms with E-state index >= 15 is 0 Å². The SMILES string of the molecule is COc1cc2c(cc1-c1cnn(C3COC3)c1)CN(C(C)C)n1cc(C(=O)O)c(=O)cc1-2. The summed E-state index contributed by atoms with van der Waals surface area (Å²) in [6, 6.07) is 5.72. The molecule has 0 amide bonds. The maximum atomic E-state index is 12.5. The molecule has 0 aliphatic carbocycles. The van der Waals surface area contributed by atoms with Crippen molar-refractivity contribution in [3.05, 3.63) is 58.1 Å². The fourth-order valence-corrected chi connectivity index (χ4v) is 4.22. The quantitative estimate of drug-likeness (QED) is 0.656. The molecule has 0 radical (unpaired) electrons. The van der Waals surface area contributed by atoms with Crippen LogP contribution in [0.5, 0.6) is 5.75 Å². The molecule has 0 spiro atoms. The highest BCUT2D eigenvalue weighted by molar-refractivity contribution is 5.88. The Morgan fingerprint density at radius 2 is 2.00 bits per heavy atom. The number of aromatic nitrogens is 3. The number of benzene rings is 1. The van der Waals surface area contributed by atoms with E-state index in [2.05, 4.69) is 11.2 Å². The van der Waals surface area contributed by atoms with Gasteiger partial charge in [0.2, 0.25) is 0 Å². The second-order valence-electron chi connectivity index (χ2n) is 8.39. The zero-order valence-corrected chi connectivity index (χ0v) is 18.1. The van der Waals surface area contributed by atoms with E-state index in [1.165, 1.54) is 12.3 Å². The predicted molar refractivity (Wildman–Crippen MR) is 118 cm³/mol. The van der Waals surface area contributed by atoms with Gasteiger partial charge >= 0.3 is 5.97 Å². The summed E-state index contributed by atoms with van der Waals surface area (Å²) in [5, 5.41) is 16.0. The molecule has 4 heterocycles. The van der Waals surface area contributed by atoms with Crippen molar-refractivity contribution in [1.82, 2.24) is 14.5 Å². The average Bonchev–Trinajstić information content (AvgIpc) is 3.19. The number of hydrogen-bond acceptors (Lipinski definition) is 6. The summed E-state index contributed by atoms with van der Waals surface area (Å²) in [6.45, 7) is 5.94. The molecule has 0 atom stereocenters. The number of carboxylic acids is 1. The number of nitrogens with zero attached hydrogens (tertiary/aromatic N) is 4. The lowest BCUT2D eigenvalue weighted by Crippen LogP contribution is -2.44. The van der Waals surface area contributed by atoms with Crippen molar-refractivity contribution < 1.29 is 19.4 Å². The third-order valence-corrected chi connectivity index (χ3v) is 6.08. The highest BCUT2D eigenvalue weighted by atomic mass is 16.5. The molecule has 32 heavy (non-hydrogen) atoms. The van der Waals surface area contributed by atoms with Gasteiger partial charge in [0, 0.05) is 41.2 Å². The Morgan fingerprint density at radius 1 is 1.22 bits per heavy atom. The molecule has 0 saturated carbocycles. The maximum Gasteiger partial charge on any atom is 0.341 e. The first-order chi connectivity index (χ1) is 15.4. The standard InChI is InChI=1S/C23H24N4O5/c1-13(2)26-9-14-4-18(15-7-24-25(8-15)16-11-32-12-16)22(31-3)5-17(14)20-6-21(28)19(23(29)30)10-27(20)26/h4-8,10,13,16H,9,11-12H2,1-3H3,(H,29,30). The predicted octanol–water partition coefficient (Wildman–Crippen LogP) is 2.52. The highest BCUT2D eigenvalue weighted by Gasteiger charge is 2.28. The van der Waals surface area contributed by atoms with Crippen LogP contribution in [0.2, 0.25) is 0 Å². The van der Waals surface area contributed by atoms with E-state index in [4.69, 9.17) is 9.47 Å². The average molecular weight is 436 g/mol. The van der Waals surface area contributed by atoms with E-state index in [-0.39, 0.29) is 17.6 Å². The Kier molecular flexibility index (Phi) is 4.78. The minimum Gasteiger partial charge on any atom is -0.496 e. The van der Waals surface area contributed by atoms with Crippen LogP contribution in [0.25, 0.3) is 22.4 Å². The van der Waals surface area contributed by atoms with Gasteiger partial charge in [-0.05, 0) is 31.5 Å². The molecular formula is C23H24N4O5. The molecule has 5 rings (SSSR count). The van der Waals surface area contributed by atoms with Gasteiger partial charge in [0.25, 0.3) is 0 Å². The molecule has 2 aliphatic rings. The van der Waals surface area contributed by atoms with Crippen molar-refractivity contribution in [2.75, 3.05) is 25.3 Å². The molecule has 2 aliphatic heterocycles. The summed E-state index contributed by atoms with van der Waals surface area (Å²) < 4.78 is 14.7. The van der Waals surface area contributed by atoms with Crippen LogP contribution in [-0.2, 0) is 11.3 Å². The van der Waals surface area contributed by atoms with Gasteiger partial charge in [-0.25, -0.2) is 4.79 Å². The van der Waals surface area contributed by atoms with Gasteiger partial charge in [-0.15, -0.1) is 0 Å². The van der Waals surface area contributed by atoms with Gasteiger partial charge in [-0.3, -0.25) is 14.2 Å². The van der Waals surface area contributed by atoms with E-state index in [9.17, 15) is 14.7 Å². The summed E-state index contributed by atoms with van der Waals surface area (Å²) >= 11 is 0. The summed E-state index contributed by atoms with van der Waals surface area (Å²) in [6.07, 6.45) is 5.23. The van der Waals surface area contributed by atoms with Gasteiger partial charge in [0.1, 0.15) is 11.3 Å². The smallest absolute Gasteiger partial charge is 0.341 e. The fraction of sp³-hybridized carbons (Fsp3) is 0.348. The number of aromatic carboxylic acids is 1. The molecular weight excluding hydrogens is 412 g/mol. The van der Waals surface area contributed by atoms with E-state index in [0.29, 0.717) is 31.2 Å². The number of carboxylic acid groups (broad SMARTS) is 1. The van der Waals surface area contributed by atoms with E-state index in [1.54, 1.807) is 11.8 Å². The molecule has 0 bridgehead atoms. The molecule has 2 aromatic heterocycles. The topological polar surface area (TPSA) is 98.8 Å². The summed E-state index contributed by atoms with van der Waals surface area (Å²) in [4.78, 5) is 24.0. The van der Waals surface area contributed by atoms with Crippen LogP contribution in [-0.4, -0.2) is 51.9 Å². The Labute approximate surface area is 184 Å². The summed E-state index contributed by atoms with van der Waals surface area (Å²) in [5.41, 5.74) is 3.59. The van der Waals surface area contributed by atoms with Gasteiger partial charge in [-0.2, -0.15) is 5.10 Å². The second kappa shape index (κ2) is 7.52. The van der Waals surface area contributed by atoms with E-state index in [0.717, 1.165) is 22.3 Å². The largest absolute Gasteiger partial charge is 0.496 e. The van der Waals surface area contributed by atoms with Crippen molar-refractivity contribution in [2.45, 2.75) is 32.5 Å². The molecule has 1 fully saturated rings. The molecule has 9 heteroatoms. The molecule has 1 aromatic carbocycles. The number of carbonyl (C=O) groups is 1. The molecule has 3 aromatic rings. The first-order valence-corrected chi connectivity index (χ1v) is 10.5. The number of fused-ring (bicyclic) bond motifs is 3. The molecule has 0 unspecified atom stereocenters. The van der Waals surface area contributed by atoms with Gasteiger partial charge in [0.15, 0.2) is 5.43 Å². The number of rotatable bonds is 5. The van der Waals surface area contributed by atoms with Crippen LogP contribution < -0.4 is 15.2 Å². The fourth-order valence-electron chi connectivity index (χ4n) is 4.22. The zero-order valence-electron chi connectivity index (χ0n) is 18.1. The van der Waals surface area contributed by atoms with Crippen LogP contribution >= 0.6 is 0 Å². The molecule has 1 N–H and O–H groups in total. The van der Waals surface area contributed by atoms with Crippen LogP contribution in [0.15, 0.2) is 41.6 Å². The molecule has 9 nitrogen and oxygen atoms in total. The van der Waals surface area contributed by atoms with Crippen molar-refractivity contribution in [3.63, 3.8) is 0 Å².